The van der Waals surface area contributed by atoms with E-state index in [-0.39, 0.29) is 74.6 Å². The Hall–Kier alpha value is -6.05. The lowest BCUT2D eigenvalue weighted by Gasteiger charge is -2.31. The zero-order valence-corrected chi connectivity index (χ0v) is 48.2. The number of sulfone groups is 1. The van der Waals surface area contributed by atoms with Gasteiger partial charge >= 0.3 is 30.3 Å². The van der Waals surface area contributed by atoms with Crippen LogP contribution in [0.25, 0.3) is 0 Å². The Morgan fingerprint density at radius 3 is 2.00 bits per heavy atom. The van der Waals surface area contributed by atoms with E-state index in [4.69, 9.17) is 74.4 Å². The van der Waals surface area contributed by atoms with Crippen molar-refractivity contribution in [3.63, 3.8) is 0 Å². The number of methoxy groups -OCH3 is 1. The molecule has 1 aromatic heterocycles. The molecule has 29 heteroatoms. The van der Waals surface area contributed by atoms with Gasteiger partial charge < -0.3 is 44.5 Å². The minimum absolute atomic E-state index is 0.0223. The Morgan fingerprint density at radius 1 is 0.889 bits per heavy atom. The van der Waals surface area contributed by atoms with Gasteiger partial charge in [0.2, 0.25) is 5.91 Å². The average molecular weight is 1250 g/mol. The number of carboxylic acids is 2. The summed E-state index contributed by atoms with van der Waals surface area (Å²) in [4.78, 5) is 67.6. The molecule has 0 spiro atoms. The Labute approximate surface area is 476 Å². The van der Waals surface area contributed by atoms with E-state index in [1.165, 1.54) is 25.0 Å². The highest BCUT2D eigenvalue weighted by Crippen LogP contribution is 2.43. The molecule has 1 amide bonds. The van der Waals surface area contributed by atoms with Crippen LogP contribution >= 0.6 is 42.2 Å². The second-order valence-electron chi connectivity index (χ2n) is 18.1. The number of anilines is 1. The first kappa shape index (κ1) is 69.2. The number of halogens is 9. The number of aryl methyl sites for hydroxylation is 2. The molecule has 5 N–H and O–H groups in total. The molecule has 81 heavy (non-hydrogen) atoms. The first-order valence-electron chi connectivity index (χ1n) is 23.9. The van der Waals surface area contributed by atoms with Gasteiger partial charge in [-0.2, -0.15) is 26.3 Å². The topological polar surface area (TPSA) is 280 Å². The first-order chi connectivity index (χ1) is 37.5. The third-order valence-corrected chi connectivity index (χ3v) is 14.4. The molecule has 5 aromatic rings. The highest BCUT2D eigenvalue weighted by Gasteiger charge is 2.37. The van der Waals surface area contributed by atoms with Gasteiger partial charge in [-0.1, -0.05) is 53.5 Å². The predicted molar refractivity (Wildman–Crippen MR) is 288 cm³/mol. The number of ketones is 1. The summed E-state index contributed by atoms with van der Waals surface area (Å²) in [5.74, 6) is -3.96. The summed E-state index contributed by atoms with van der Waals surface area (Å²) >= 11 is 17.5. The van der Waals surface area contributed by atoms with Crippen LogP contribution in [-0.4, -0.2) is 115 Å². The summed E-state index contributed by atoms with van der Waals surface area (Å²) in [6.07, 6.45) is -6.22. The number of nitrogens with zero attached hydrogens (tertiary/aromatic N) is 2. The van der Waals surface area contributed by atoms with Gasteiger partial charge in [0.05, 0.1) is 61.7 Å². The molecule has 1 saturated carbocycles. The van der Waals surface area contributed by atoms with Crippen LogP contribution in [0.5, 0.6) is 11.5 Å². The van der Waals surface area contributed by atoms with Crippen LogP contribution in [0.3, 0.4) is 0 Å². The van der Waals surface area contributed by atoms with Crippen molar-refractivity contribution in [3.8, 4) is 11.5 Å². The quantitative estimate of drug-likeness (QED) is 0.0196. The average Bonchev–Trinajstić information content (AvgIpc) is 4.11. The van der Waals surface area contributed by atoms with E-state index in [2.05, 4.69) is 18.1 Å². The summed E-state index contributed by atoms with van der Waals surface area (Å²) in [6.45, 7) is 8.91. The fourth-order valence-corrected chi connectivity index (χ4v) is 9.31. The van der Waals surface area contributed by atoms with E-state index in [1.54, 1.807) is 12.0 Å². The molecule has 444 valence electrons. The number of amides is 1. The molecule has 0 saturated heterocycles. The van der Waals surface area contributed by atoms with Gasteiger partial charge in [-0.05, 0) is 112 Å². The lowest BCUT2D eigenvalue weighted by molar-refractivity contribution is -0.146. The second kappa shape index (κ2) is 29.8. The van der Waals surface area contributed by atoms with Crippen LogP contribution in [0.4, 0.5) is 32.0 Å². The van der Waals surface area contributed by atoms with Crippen LogP contribution in [0.2, 0.25) is 10.0 Å². The molecule has 1 aliphatic carbocycles. The third-order valence-electron chi connectivity index (χ3n) is 11.4. The van der Waals surface area contributed by atoms with Crippen molar-refractivity contribution in [3.05, 3.63) is 134 Å². The van der Waals surface area contributed by atoms with Crippen molar-refractivity contribution in [1.82, 2.24) is 5.16 Å². The standard InChI is InChI=1S/C17H11Cl2F3O5.C15H22ClNO2.C15H12F3NO4S.C5H12NO4P/c1-8(15(23)24)26-16(25)11-7-10(3-4-12(11)18)27-14-5-2-9(6-13(14)19)17(20,21)22;1-5-13-8-6-7-11(2)15(13)17(14(18)9-16)12(3)10-19-4;1-24(21,22)12-6-9(15(16,17)18)4-5-10(12)13(20)11-7-19-23-14(11)8-2-3-8;1-11(9,10)3-2-4(6)5(7)8/h2-8H,1H3,(H,23,24);6-8,12H,5,9-10H2,1-4H3;4-8H,2-3H2,1H3;4H,2-3,6H2,1H3,(H,7,8)(H,9,10)/t8-;;;/m0.../s1. The molecule has 6 rings (SSSR count). The number of esters is 1. The Morgan fingerprint density at radius 2 is 1.49 bits per heavy atom. The van der Waals surface area contributed by atoms with E-state index >= 15 is 0 Å². The molecule has 0 radical (unpaired) electrons. The number of para-hydroxylation sites is 1. The van der Waals surface area contributed by atoms with Crippen molar-refractivity contribution >= 4 is 87.3 Å². The number of aromatic nitrogens is 1. The number of carbonyl (C=O) groups is 5. The number of carbonyl (C=O) groups excluding carboxylic acids is 3. The minimum atomic E-state index is -4.71. The number of ether oxygens (including phenoxy) is 3. The molecule has 1 fully saturated rings. The zero-order chi connectivity index (χ0) is 61.5. The number of nitrogens with two attached hydrogens (primary N) is 1. The summed E-state index contributed by atoms with van der Waals surface area (Å²) in [7, 11) is -5.51. The number of hydrogen-bond acceptors (Lipinski definition) is 14. The summed E-state index contributed by atoms with van der Waals surface area (Å²) < 4.78 is 131. The number of carboxylic acid groups (broad SMARTS) is 2. The SMILES string of the molecule is CCc1cccc(C)c1N(C(=O)CCl)C(C)COC.CP(=O)(O)CCC(N)C(=O)O.CS(=O)(=O)c1cc(C(F)(F)F)ccc1C(=O)c1cnoc1C1CC1.C[C@H](OC(=O)c1cc(Oc2ccc(C(F)(F)F)cc2Cl)ccc1Cl)C(=O)O. The van der Waals surface area contributed by atoms with Gasteiger partial charge in [0.1, 0.15) is 23.4 Å². The van der Waals surface area contributed by atoms with Crippen LogP contribution in [0, 0.1) is 6.92 Å². The van der Waals surface area contributed by atoms with E-state index < -0.39 is 81.4 Å². The van der Waals surface area contributed by atoms with E-state index in [0.717, 1.165) is 73.5 Å². The van der Waals surface area contributed by atoms with Gasteiger partial charge in [0, 0.05) is 37.7 Å². The summed E-state index contributed by atoms with van der Waals surface area (Å²) in [6, 6.07) is 13.4. The molecule has 18 nitrogen and oxygen atoms in total. The molecule has 0 aliphatic heterocycles. The van der Waals surface area contributed by atoms with Crippen LogP contribution in [-0.2, 0) is 57.0 Å². The molecule has 1 aliphatic rings. The highest BCUT2D eigenvalue weighted by atomic mass is 35.5. The van der Waals surface area contributed by atoms with Crippen LogP contribution in [0.15, 0.2) is 88.4 Å². The van der Waals surface area contributed by atoms with Crippen molar-refractivity contribution in [2.45, 2.75) is 94.7 Å². The summed E-state index contributed by atoms with van der Waals surface area (Å²) in [5.41, 5.74) is 5.81. The van der Waals surface area contributed by atoms with E-state index in [9.17, 15) is 63.3 Å². The van der Waals surface area contributed by atoms with Gasteiger partial charge in [-0.3, -0.25) is 18.9 Å². The molecular weight excluding hydrogens is 1190 g/mol. The largest absolute Gasteiger partial charge is 0.480 e. The number of rotatable bonds is 19. The van der Waals surface area contributed by atoms with Gasteiger partial charge in [-0.25, -0.2) is 18.0 Å². The lowest BCUT2D eigenvalue weighted by Crippen LogP contribution is -2.43. The van der Waals surface area contributed by atoms with E-state index in [1.807, 2.05) is 26.0 Å². The van der Waals surface area contributed by atoms with Crippen molar-refractivity contribution in [2.24, 2.45) is 5.73 Å². The molecule has 4 aromatic carbocycles. The van der Waals surface area contributed by atoms with Gasteiger partial charge in [0.15, 0.2) is 34.9 Å². The maximum atomic E-state index is 12.8. The Balaban J connectivity index is 0.000000295. The van der Waals surface area contributed by atoms with Gasteiger partial charge in [0.25, 0.3) is 0 Å². The van der Waals surface area contributed by atoms with Crippen molar-refractivity contribution in [1.29, 1.82) is 0 Å². The van der Waals surface area contributed by atoms with E-state index in [0.29, 0.717) is 30.6 Å². The second-order valence-corrected chi connectivity index (χ2v) is 23.7. The van der Waals surface area contributed by atoms with Crippen LogP contribution in [0.1, 0.15) is 100 Å². The smallest absolute Gasteiger partial charge is 0.416 e. The molecule has 3 unspecified atom stereocenters. The Kier molecular flexibility index (Phi) is 25.5. The maximum absolute atomic E-state index is 12.8. The van der Waals surface area contributed by atoms with Crippen LogP contribution < -0.4 is 15.4 Å². The fraction of sp³-hybridized carbons (Fsp3) is 0.385. The number of benzene rings is 4. The number of aliphatic carboxylic acids is 2. The van der Waals surface area contributed by atoms with Crippen molar-refractivity contribution < 1.29 is 97.1 Å². The lowest BCUT2D eigenvalue weighted by atomic mass is 10.0. The normalized spacial score (nSPS) is 14.1. The summed E-state index contributed by atoms with van der Waals surface area (Å²) in [5, 5.41) is 20.3. The highest BCUT2D eigenvalue weighted by molar-refractivity contribution is 7.90. The fourth-order valence-electron chi connectivity index (χ4n) is 7.11. The van der Waals surface area contributed by atoms with Crippen molar-refractivity contribution in [2.75, 3.05) is 43.6 Å². The predicted octanol–water partition coefficient (Wildman–Crippen LogP) is 11.5. The molecule has 0 bridgehead atoms. The zero-order valence-electron chi connectivity index (χ0n) is 44.2. The molecule has 1 heterocycles. The number of hydrogen-bond donors (Lipinski definition) is 4. The maximum Gasteiger partial charge on any atom is 0.416 e. The Bertz CT molecular complexity index is 3210. The molecule has 4 atom stereocenters. The monoisotopic (exact) mass is 1250 g/mol. The number of alkyl halides is 7. The van der Waals surface area contributed by atoms with Gasteiger partial charge in [-0.15, -0.1) is 11.6 Å². The molecular formula is C52H57Cl3F6N3O15PS. The third kappa shape index (κ3) is 21.0. The first-order valence-corrected chi connectivity index (χ1v) is 29.4. The minimum Gasteiger partial charge on any atom is -0.480 e.